The summed E-state index contributed by atoms with van der Waals surface area (Å²) in [6.45, 7) is 0.244. The number of amides is 1. The molecular weight excluding hydrogens is 460 g/mol. The predicted octanol–water partition coefficient (Wildman–Crippen LogP) is 5.72. The van der Waals surface area contributed by atoms with Gasteiger partial charge in [-0.15, -0.1) is 0 Å². The Balaban J connectivity index is 1.63. The van der Waals surface area contributed by atoms with E-state index < -0.39 is 4.92 Å². The number of hydrogen-bond acceptors (Lipinski definition) is 7. The molecule has 1 saturated heterocycles. The predicted molar refractivity (Wildman–Crippen MR) is 132 cm³/mol. The van der Waals surface area contributed by atoms with Crippen molar-refractivity contribution in [2.75, 3.05) is 7.11 Å². The highest BCUT2D eigenvalue weighted by Crippen LogP contribution is 2.41. The summed E-state index contributed by atoms with van der Waals surface area (Å²) in [6.07, 6.45) is 6.72. The zero-order chi connectivity index (χ0) is 23.4. The summed E-state index contributed by atoms with van der Waals surface area (Å²) in [5.74, 6) is 0.431. The van der Waals surface area contributed by atoms with E-state index in [1.807, 2.05) is 30.3 Å². The molecule has 0 unspecified atom stereocenters. The largest absolute Gasteiger partial charge is 0.493 e. The summed E-state index contributed by atoms with van der Waals surface area (Å²) in [5, 5.41) is 11.8. The maximum absolute atomic E-state index is 13.1. The highest BCUT2D eigenvalue weighted by atomic mass is 32.2. The number of nitro groups is 1. The highest BCUT2D eigenvalue weighted by molar-refractivity contribution is 8.26. The zero-order valence-corrected chi connectivity index (χ0v) is 19.8. The number of thiocarbonyl (C=S) groups is 1. The average molecular weight is 485 g/mol. The lowest BCUT2D eigenvalue weighted by Gasteiger charge is -2.29. The SMILES string of the molecule is COc1cc(/C=C2\SC(=S)N(C3CCCCC3)C2=O)c([N+](=O)[O-])cc1OCc1ccccc1. The molecule has 4 rings (SSSR count). The molecule has 1 heterocycles. The summed E-state index contributed by atoms with van der Waals surface area (Å²) in [4.78, 5) is 26.5. The van der Waals surface area contributed by atoms with Gasteiger partial charge >= 0.3 is 0 Å². The third-order valence-corrected chi connectivity index (χ3v) is 7.13. The molecule has 7 nitrogen and oxygen atoms in total. The van der Waals surface area contributed by atoms with E-state index in [4.69, 9.17) is 21.7 Å². The number of hydrogen-bond donors (Lipinski definition) is 0. The second kappa shape index (κ2) is 10.4. The molecule has 172 valence electrons. The molecule has 0 radical (unpaired) electrons. The summed E-state index contributed by atoms with van der Waals surface area (Å²) >= 11 is 6.67. The molecule has 2 fully saturated rings. The molecule has 0 aromatic heterocycles. The van der Waals surface area contributed by atoms with E-state index in [2.05, 4.69) is 0 Å². The summed E-state index contributed by atoms with van der Waals surface area (Å²) in [7, 11) is 1.48. The monoisotopic (exact) mass is 484 g/mol. The maximum atomic E-state index is 13.1. The second-order valence-electron chi connectivity index (χ2n) is 7.94. The molecular formula is C24H24N2O5S2. The van der Waals surface area contributed by atoms with Crippen LogP contribution in [0.5, 0.6) is 11.5 Å². The third-order valence-electron chi connectivity index (χ3n) is 5.80. The summed E-state index contributed by atoms with van der Waals surface area (Å²) in [6, 6.07) is 12.5. The van der Waals surface area contributed by atoms with Crippen molar-refractivity contribution in [2.45, 2.75) is 44.8 Å². The van der Waals surface area contributed by atoms with E-state index >= 15 is 0 Å². The molecule has 0 N–H and O–H groups in total. The molecule has 33 heavy (non-hydrogen) atoms. The number of methoxy groups -OCH3 is 1. The Hall–Kier alpha value is -2.91. The third kappa shape index (κ3) is 5.20. The molecule has 1 saturated carbocycles. The fourth-order valence-corrected chi connectivity index (χ4v) is 5.51. The Labute approximate surface area is 201 Å². The van der Waals surface area contributed by atoms with Crippen LogP contribution in [0.4, 0.5) is 5.69 Å². The minimum absolute atomic E-state index is 0.107. The lowest BCUT2D eigenvalue weighted by molar-refractivity contribution is -0.385. The number of nitro benzene ring substituents is 1. The lowest BCUT2D eigenvalue weighted by Crippen LogP contribution is -2.39. The Morgan fingerprint density at radius 2 is 1.91 bits per heavy atom. The first-order valence-electron chi connectivity index (χ1n) is 10.8. The topological polar surface area (TPSA) is 81.9 Å². The van der Waals surface area contributed by atoms with Gasteiger partial charge < -0.3 is 9.47 Å². The summed E-state index contributed by atoms with van der Waals surface area (Å²) in [5.41, 5.74) is 1.03. The first-order chi connectivity index (χ1) is 16.0. The number of carbonyl (C=O) groups excluding carboxylic acids is 1. The van der Waals surface area contributed by atoms with E-state index in [0.717, 1.165) is 31.2 Å². The van der Waals surface area contributed by atoms with Crippen LogP contribution in [0.3, 0.4) is 0 Å². The van der Waals surface area contributed by atoms with Crippen molar-refractivity contribution in [1.29, 1.82) is 0 Å². The van der Waals surface area contributed by atoms with Gasteiger partial charge in [0.25, 0.3) is 11.6 Å². The number of thioether (sulfide) groups is 1. The summed E-state index contributed by atoms with van der Waals surface area (Å²) < 4.78 is 11.8. The molecule has 0 spiro atoms. The van der Waals surface area contributed by atoms with Crippen molar-refractivity contribution in [2.24, 2.45) is 0 Å². The smallest absolute Gasteiger partial charge is 0.280 e. The van der Waals surface area contributed by atoms with Gasteiger partial charge in [-0.25, -0.2) is 0 Å². The normalized spacial score (nSPS) is 18.1. The van der Waals surface area contributed by atoms with E-state index in [1.165, 1.54) is 43.5 Å². The van der Waals surface area contributed by atoms with Crippen LogP contribution in [0.15, 0.2) is 47.4 Å². The van der Waals surface area contributed by atoms with Crippen molar-refractivity contribution < 1.29 is 19.2 Å². The maximum Gasteiger partial charge on any atom is 0.280 e. The van der Waals surface area contributed by atoms with Crippen molar-refractivity contribution in [3.8, 4) is 11.5 Å². The molecule has 2 aliphatic rings. The molecule has 1 aliphatic heterocycles. The van der Waals surface area contributed by atoms with Crippen molar-refractivity contribution in [3.63, 3.8) is 0 Å². The van der Waals surface area contributed by atoms with Gasteiger partial charge in [-0.2, -0.15) is 0 Å². The lowest BCUT2D eigenvalue weighted by atomic mass is 9.94. The molecule has 2 aromatic carbocycles. The standard InChI is InChI=1S/C24H24N2O5S2/c1-30-20-12-17(13-22-23(27)25(24(32)33-22)18-10-6-3-7-11-18)19(26(28)29)14-21(20)31-15-16-8-4-2-5-9-16/h2,4-5,8-9,12-14,18H,3,6-7,10-11,15H2,1H3/b22-13-. The molecule has 9 heteroatoms. The van der Waals surface area contributed by atoms with Crippen molar-refractivity contribution in [3.05, 3.63) is 68.6 Å². The van der Waals surface area contributed by atoms with Gasteiger partial charge in [0.2, 0.25) is 0 Å². The van der Waals surface area contributed by atoms with Gasteiger partial charge in [-0.3, -0.25) is 19.8 Å². The Bertz CT molecular complexity index is 1100. The van der Waals surface area contributed by atoms with Crippen molar-refractivity contribution in [1.82, 2.24) is 4.90 Å². The highest BCUT2D eigenvalue weighted by Gasteiger charge is 2.38. The molecule has 0 bridgehead atoms. The molecule has 0 atom stereocenters. The van der Waals surface area contributed by atoms with Crippen molar-refractivity contribution >= 4 is 46.0 Å². The van der Waals surface area contributed by atoms with E-state index in [9.17, 15) is 14.9 Å². The van der Waals surface area contributed by atoms with E-state index in [0.29, 0.717) is 15.0 Å². The Kier molecular flexibility index (Phi) is 7.29. The number of nitrogens with zero attached hydrogens (tertiary/aromatic N) is 2. The fraction of sp³-hybridized carbons (Fsp3) is 0.333. The minimum atomic E-state index is -0.484. The van der Waals surface area contributed by atoms with Crippen LogP contribution in [-0.2, 0) is 11.4 Å². The quantitative estimate of drug-likeness (QED) is 0.215. The number of rotatable bonds is 7. The minimum Gasteiger partial charge on any atom is -0.493 e. The van der Waals surface area contributed by atoms with Gasteiger partial charge in [0.05, 0.1) is 28.6 Å². The molecule has 2 aromatic rings. The second-order valence-corrected chi connectivity index (χ2v) is 9.61. The van der Waals surface area contributed by atoms with E-state index in [-0.39, 0.29) is 35.6 Å². The van der Waals surface area contributed by atoms with Crippen LogP contribution in [0.25, 0.3) is 6.08 Å². The van der Waals surface area contributed by atoms with Crippen LogP contribution in [0, 0.1) is 10.1 Å². The van der Waals surface area contributed by atoms with E-state index in [1.54, 1.807) is 4.90 Å². The molecule has 1 aliphatic carbocycles. The van der Waals surface area contributed by atoms with Gasteiger partial charge in [0.1, 0.15) is 10.9 Å². The van der Waals surface area contributed by atoms with Crippen LogP contribution in [-0.4, -0.2) is 33.2 Å². The van der Waals surface area contributed by atoms with Gasteiger partial charge in [-0.05, 0) is 30.5 Å². The first kappa shape index (κ1) is 23.3. The average Bonchev–Trinajstić information content (AvgIpc) is 3.11. The number of carbonyl (C=O) groups is 1. The number of benzene rings is 2. The van der Waals surface area contributed by atoms with Crippen LogP contribution < -0.4 is 9.47 Å². The Morgan fingerprint density at radius 1 is 1.18 bits per heavy atom. The van der Waals surface area contributed by atoms with Gasteiger partial charge in [0.15, 0.2) is 11.5 Å². The van der Waals surface area contributed by atoms with Crippen LogP contribution in [0.2, 0.25) is 0 Å². The zero-order valence-electron chi connectivity index (χ0n) is 18.2. The first-order valence-corrected chi connectivity index (χ1v) is 12.0. The van der Waals surface area contributed by atoms with Crippen LogP contribution >= 0.6 is 24.0 Å². The van der Waals surface area contributed by atoms with Gasteiger partial charge in [0, 0.05) is 6.04 Å². The molecule has 1 amide bonds. The Morgan fingerprint density at radius 3 is 2.58 bits per heavy atom. The van der Waals surface area contributed by atoms with Gasteiger partial charge in [-0.1, -0.05) is 73.6 Å². The van der Waals surface area contributed by atoms with Crippen LogP contribution in [0.1, 0.15) is 43.2 Å². The number of ether oxygens (including phenoxy) is 2. The fourth-order valence-electron chi connectivity index (χ4n) is 4.12.